The molecule has 1 unspecified atom stereocenters. The Kier molecular flexibility index (Phi) is 4.70. The topological polar surface area (TPSA) is 71.4 Å². The molecule has 7 heteroatoms. The van der Waals surface area contributed by atoms with E-state index < -0.39 is 32.6 Å². The van der Waals surface area contributed by atoms with E-state index in [1.54, 1.807) is 0 Å². The zero-order valence-corrected chi connectivity index (χ0v) is 11.1. The Morgan fingerprint density at radius 3 is 2.61 bits per heavy atom. The molecule has 18 heavy (non-hydrogen) atoms. The number of carbonyl (C=O) groups is 1. The van der Waals surface area contributed by atoms with Crippen molar-refractivity contribution in [3.05, 3.63) is 34.6 Å². The van der Waals surface area contributed by atoms with Crippen LogP contribution in [0.3, 0.4) is 0 Å². The minimum absolute atomic E-state index is 0.0510. The predicted octanol–water partition coefficient (Wildman–Crippen LogP) is 2.26. The molecule has 0 aromatic heterocycles. The summed E-state index contributed by atoms with van der Waals surface area (Å²) in [5.41, 5.74) is 0.0661. The molecule has 100 valence electrons. The summed E-state index contributed by atoms with van der Waals surface area (Å²) in [6, 6.07) is 3.34. The van der Waals surface area contributed by atoms with Gasteiger partial charge in [-0.3, -0.25) is 4.79 Å². The molecular weight excluding hydrogens is 283 g/mol. The smallest absolute Gasteiger partial charge is 0.321 e. The van der Waals surface area contributed by atoms with E-state index in [-0.39, 0.29) is 17.0 Å². The van der Waals surface area contributed by atoms with E-state index in [4.69, 9.17) is 16.7 Å². The largest absolute Gasteiger partial charge is 0.480 e. The van der Waals surface area contributed by atoms with Crippen molar-refractivity contribution >= 4 is 27.4 Å². The van der Waals surface area contributed by atoms with E-state index in [1.807, 2.05) is 0 Å². The second-order valence-corrected chi connectivity index (χ2v) is 6.37. The fourth-order valence-corrected chi connectivity index (χ4v) is 3.51. The fraction of sp³-hybridized carbons (Fsp3) is 0.364. The van der Waals surface area contributed by atoms with Gasteiger partial charge < -0.3 is 5.11 Å². The van der Waals surface area contributed by atoms with E-state index in [1.165, 1.54) is 13.0 Å². The Morgan fingerprint density at radius 1 is 1.50 bits per heavy atom. The van der Waals surface area contributed by atoms with Crippen LogP contribution in [0, 0.1) is 5.82 Å². The van der Waals surface area contributed by atoms with Gasteiger partial charge in [0.25, 0.3) is 0 Å². The molecular formula is C11H12ClFO4S. The highest BCUT2D eigenvalue weighted by atomic mass is 35.5. The molecule has 0 aliphatic heterocycles. The number of halogens is 2. The zero-order valence-electron chi connectivity index (χ0n) is 9.56. The van der Waals surface area contributed by atoms with Gasteiger partial charge >= 0.3 is 5.97 Å². The maximum absolute atomic E-state index is 13.0. The first kappa shape index (κ1) is 14.9. The van der Waals surface area contributed by atoms with Gasteiger partial charge in [0.2, 0.25) is 0 Å². The van der Waals surface area contributed by atoms with Crippen molar-refractivity contribution in [3.8, 4) is 0 Å². The summed E-state index contributed by atoms with van der Waals surface area (Å²) < 4.78 is 36.7. The Hall–Kier alpha value is -1.14. The molecule has 0 fully saturated rings. The van der Waals surface area contributed by atoms with Gasteiger partial charge in [-0.2, -0.15) is 0 Å². The maximum Gasteiger partial charge on any atom is 0.321 e. The van der Waals surface area contributed by atoms with Crippen molar-refractivity contribution in [3.63, 3.8) is 0 Å². The van der Waals surface area contributed by atoms with Crippen LogP contribution in [0.15, 0.2) is 18.2 Å². The van der Waals surface area contributed by atoms with E-state index in [0.717, 1.165) is 12.1 Å². The highest BCUT2D eigenvalue weighted by Gasteiger charge is 2.31. The van der Waals surface area contributed by atoms with Gasteiger partial charge in [-0.25, -0.2) is 12.8 Å². The second-order valence-electron chi connectivity index (χ2n) is 3.78. The molecule has 1 rings (SSSR count). The van der Waals surface area contributed by atoms with Crippen molar-refractivity contribution in [1.29, 1.82) is 0 Å². The van der Waals surface area contributed by atoms with Crippen LogP contribution in [0.4, 0.5) is 4.39 Å². The molecule has 0 spiro atoms. The standard InChI is InChI=1S/C11H12ClFO4S/c1-2-10(11(14)15)18(16,17)6-7-5-8(13)3-4-9(7)12/h3-5,10H,2,6H2,1H3,(H,14,15). The van der Waals surface area contributed by atoms with Crippen LogP contribution in [-0.2, 0) is 20.4 Å². The first-order valence-electron chi connectivity index (χ1n) is 5.16. The molecule has 1 atom stereocenters. The third kappa shape index (κ3) is 3.43. The number of carboxylic acids is 1. The van der Waals surface area contributed by atoms with Crippen LogP contribution in [0.2, 0.25) is 5.02 Å². The van der Waals surface area contributed by atoms with Gasteiger partial charge in [0.05, 0.1) is 5.75 Å². The van der Waals surface area contributed by atoms with Crippen LogP contribution in [0.5, 0.6) is 0 Å². The van der Waals surface area contributed by atoms with Gasteiger partial charge in [0.1, 0.15) is 5.82 Å². The molecule has 1 aromatic carbocycles. The van der Waals surface area contributed by atoms with Gasteiger partial charge in [-0.1, -0.05) is 18.5 Å². The fourth-order valence-electron chi connectivity index (χ4n) is 1.55. The maximum atomic E-state index is 13.0. The lowest BCUT2D eigenvalue weighted by Crippen LogP contribution is -2.30. The Labute approximate surface area is 109 Å². The Balaban J connectivity index is 3.09. The number of carboxylic acid groups (broad SMARTS) is 1. The molecule has 1 aromatic rings. The summed E-state index contributed by atoms with van der Waals surface area (Å²) in [5.74, 6) is -2.62. The molecule has 0 saturated heterocycles. The zero-order chi connectivity index (χ0) is 13.9. The average Bonchev–Trinajstić information content (AvgIpc) is 2.22. The number of hydrogen-bond acceptors (Lipinski definition) is 3. The average molecular weight is 295 g/mol. The van der Waals surface area contributed by atoms with Crippen molar-refractivity contribution in [1.82, 2.24) is 0 Å². The molecule has 0 radical (unpaired) electrons. The van der Waals surface area contributed by atoms with Crippen molar-refractivity contribution in [2.24, 2.45) is 0 Å². The van der Waals surface area contributed by atoms with Crippen molar-refractivity contribution in [2.75, 3.05) is 0 Å². The Bertz CT molecular complexity index is 556. The first-order chi connectivity index (χ1) is 8.27. The number of benzene rings is 1. The molecule has 1 N–H and O–H groups in total. The Morgan fingerprint density at radius 2 is 2.11 bits per heavy atom. The lowest BCUT2D eigenvalue weighted by molar-refractivity contribution is -0.136. The highest BCUT2D eigenvalue weighted by Crippen LogP contribution is 2.22. The first-order valence-corrected chi connectivity index (χ1v) is 7.25. The molecule has 0 bridgehead atoms. The number of rotatable bonds is 5. The minimum atomic E-state index is -3.91. The van der Waals surface area contributed by atoms with Crippen molar-refractivity contribution < 1.29 is 22.7 Å². The molecule has 0 saturated carbocycles. The lowest BCUT2D eigenvalue weighted by Gasteiger charge is -2.12. The molecule has 0 amide bonds. The number of hydrogen-bond donors (Lipinski definition) is 1. The molecule has 0 heterocycles. The summed E-state index contributed by atoms with van der Waals surface area (Å²) >= 11 is 5.75. The van der Waals surface area contributed by atoms with Gasteiger partial charge in [0.15, 0.2) is 15.1 Å². The second kappa shape index (κ2) is 5.67. The van der Waals surface area contributed by atoms with E-state index >= 15 is 0 Å². The van der Waals surface area contributed by atoms with Crippen LogP contribution in [-0.4, -0.2) is 24.7 Å². The number of sulfone groups is 1. The van der Waals surface area contributed by atoms with Crippen LogP contribution in [0.1, 0.15) is 18.9 Å². The van der Waals surface area contributed by atoms with Crippen LogP contribution < -0.4 is 0 Å². The quantitative estimate of drug-likeness (QED) is 0.904. The minimum Gasteiger partial charge on any atom is -0.480 e. The summed E-state index contributed by atoms with van der Waals surface area (Å²) in [7, 11) is -3.91. The summed E-state index contributed by atoms with van der Waals surface area (Å²) in [6.45, 7) is 1.46. The summed E-state index contributed by atoms with van der Waals surface area (Å²) in [4.78, 5) is 10.8. The van der Waals surface area contributed by atoms with Crippen LogP contribution >= 0.6 is 11.6 Å². The molecule has 4 nitrogen and oxygen atoms in total. The summed E-state index contributed by atoms with van der Waals surface area (Å²) in [6.07, 6.45) is -0.0510. The van der Waals surface area contributed by atoms with Gasteiger partial charge in [-0.15, -0.1) is 0 Å². The normalized spacial score (nSPS) is 13.3. The monoisotopic (exact) mass is 294 g/mol. The third-order valence-electron chi connectivity index (χ3n) is 2.44. The molecule has 0 aliphatic rings. The van der Waals surface area contributed by atoms with Gasteiger partial charge in [0, 0.05) is 5.02 Å². The van der Waals surface area contributed by atoms with E-state index in [9.17, 15) is 17.6 Å². The van der Waals surface area contributed by atoms with Crippen molar-refractivity contribution in [2.45, 2.75) is 24.3 Å². The SMILES string of the molecule is CCC(C(=O)O)S(=O)(=O)Cc1cc(F)ccc1Cl. The number of aliphatic carboxylic acids is 1. The van der Waals surface area contributed by atoms with Crippen LogP contribution in [0.25, 0.3) is 0 Å². The lowest BCUT2D eigenvalue weighted by atomic mass is 10.2. The molecule has 0 aliphatic carbocycles. The highest BCUT2D eigenvalue weighted by molar-refractivity contribution is 7.92. The summed E-state index contributed by atoms with van der Waals surface area (Å²) in [5, 5.41) is 7.42. The predicted molar refractivity (Wildman–Crippen MR) is 65.7 cm³/mol. The van der Waals surface area contributed by atoms with Gasteiger partial charge in [-0.05, 0) is 30.2 Å². The van der Waals surface area contributed by atoms with E-state index in [0.29, 0.717) is 0 Å². The third-order valence-corrected chi connectivity index (χ3v) is 4.93. The van der Waals surface area contributed by atoms with E-state index in [2.05, 4.69) is 0 Å².